The fourth-order valence-corrected chi connectivity index (χ4v) is 6.44. The first-order valence-electron chi connectivity index (χ1n) is 9.97. The van der Waals surface area contributed by atoms with Crippen LogP contribution in [0.4, 0.5) is 11.4 Å². The predicted octanol–water partition coefficient (Wildman–Crippen LogP) is 3.42. The molecule has 0 aliphatic carbocycles. The second kappa shape index (κ2) is 6.06. The van der Waals surface area contributed by atoms with Crippen LogP contribution in [0, 0.1) is 11.8 Å². The van der Waals surface area contributed by atoms with Gasteiger partial charge < -0.3 is 5.32 Å². The maximum Gasteiger partial charge on any atom is 0.250 e. The summed E-state index contributed by atoms with van der Waals surface area (Å²) >= 11 is 12.6. The molecule has 0 bridgehead atoms. The van der Waals surface area contributed by atoms with Gasteiger partial charge in [0.15, 0.2) is 0 Å². The highest BCUT2D eigenvalue weighted by molar-refractivity contribution is 6.36. The minimum absolute atomic E-state index is 0.172. The van der Waals surface area contributed by atoms with Gasteiger partial charge in [-0.3, -0.25) is 19.3 Å². The third kappa shape index (κ3) is 2.02. The molecular formula is C22H17Cl2N3O3. The largest absolute Gasteiger partial charge is 0.324 e. The number of para-hydroxylation sites is 1. The zero-order chi connectivity index (χ0) is 20.8. The van der Waals surface area contributed by atoms with Crippen molar-refractivity contribution in [2.24, 2.45) is 11.8 Å². The Hall–Kier alpha value is -2.41. The predicted molar refractivity (Wildman–Crippen MR) is 112 cm³/mol. The lowest BCUT2D eigenvalue weighted by Crippen LogP contribution is -2.54. The SMILES string of the molecule is O=C1[C@H]2[C@@H](C(=O)N1c1ccccc1Cl)[C@]1(C(=O)Nc3ccc(Cl)cc31)N1CCC[C@@H]21. The lowest BCUT2D eigenvalue weighted by molar-refractivity contribution is -0.135. The van der Waals surface area contributed by atoms with E-state index in [9.17, 15) is 14.4 Å². The van der Waals surface area contributed by atoms with Gasteiger partial charge in [-0.2, -0.15) is 0 Å². The van der Waals surface area contributed by atoms with Gasteiger partial charge >= 0.3 is 0 Å². The lowest BCUT2D eigenvalue weighted by atomic mass is 9.75. The van der Waals surface area contributed by atoms with Gasteiger partial charge in [-0.1, -0.05) is 35.3 Å². The summed E-state index contributed by atoms with van der Waals surface area (Å²) < 4.78 is 0. The fraction of sp³-hybridized carbons (Fsp3) is 0.318. The minimum atomic E-state index is -1.23. The van der Waals surface area contributed by atoms with Crippen LogP contribution in [0.3, 0.4) is 0 Å². The maximum absolute atomic E-state index is 13.8. The highest BCUT2D eigenvalue weighted by Crippen LogP contribution is 2.61. The second-order valence-electron chi connectivity index (χ2n) is 8.28. The van der Waals surface area contributed by atoms with Crippen LogP contribution in [0.1, 0.15) is 18.4 Å². The molecule has 0 saturated carbocycles. The smallest absolute Gasteiger partial charge is 0.250 e. The van der Waals surface area contributed by atoms with E-state index in [-0.39, 0.29) is 23.8 Å². The van der Waals surface area contributed by atoms with Crippen molar-refractivity contribution in [3.05, 3.63) is 58.1 Å². The molecule has 0 radical (unpaired) electrons. The molecule has 1 N–H and O–H groups in total. The summed E-state index contributed by atoms with van der Waals surface area (Å²) in [4.78, 5) is 44.1. The van der Waals surface area contributed by atoms with Crippen molar-refractivity contribution < 1.29 is 14.4 Å². The number of carbonyl (C=O) groups is 3. The van der Waals surface area contributed by atoms with E-state index in [1.807, 2.05) is 0 Å². The first-order chi connectivity index (χ1) is 14.5. The van der Waals surface area contributed by atoms with Gasteiger partial charge in [0.2, 0.25) is 17.7 Å². The van der Waals surface area contributed by atoms with Crippen molar-refractivity contribution in [1.82, 2.24) is 4.90 Å². The highest BCUT2D eigenvalue weighted by atomic mass is 35.5. The van der Waals surface area contributed by atoms with Crippen LogP contribution in [0.5, 0.6) is 0 Å². The van der Waals surface area contributed by atoms with Crippen molar-refractivity contribution in [1.29, 1.82) is 0 Å². The Bertz CT molecular complexity index is 1150. The quantitative estimate of drug-likeness (QED) is 0.688. The second-order valence-corrected chi connectivity index (χ2v) is 9.12. The number of hydrogen-bond acceptors (Lipinski definition) is 4. The number of carbonyl (C=O) groups excluding carboxylic acids is 3. The van der Waals surface area contributed by atoms with Crippen LogP contribution >= 0.6 is 23.2 Å². The van der Waals surface area contributed by atoms with Crippen LogP contribution in [0.2, 0.25) is 10.0 Å². The van der Waals surface area contributed by atoms with E-state index in [0.29, 0.717) is 33.5 Å². The van der Waals surface area contributed by atoms with Crippen LogP contribution in [0.15, 0.2) is 42.5 Å². The van der Waals surface area contributed by atoms with Gasteiger partial charge in [-0.05, 0) is 49.7 Å². The Balaban J connectivity index is 1.58. The van der Waals surface area contributed by atoms with Crippen LogP contribution in [0.25, 0.3) is 0 Å². The van der Waals surface area contributed by atoms with Crippen LogP contribution < -0.4 is 10.2 Å². The van der Waals surface area contributed by atoms with Crippen molar-refractivity contribution in [3.63, 3.8) is 0 Å². The van der Waals surface area contributed by atoms with E-state index in [0.717, 1.165) is 12.8 Å². The number of halogens is 2. The van der Waals surface area contributed by atoms with E-state index in [2.05, 4.69) is 10.2 Å². The number of rotatable bonds is 1. The minimum Gasteiger partial charge on any atom is -0.324 e. The van der Waals surface area contributed by atoms with Crippen molar-refractivity contribution in [2.45, 2.75) is 24.4 Å². The topological polar surface area (TPSA) is 69.7 Å². The Labute approximate surface area is 182 Å². The zero-order valence-electron chi connectivity index (χ0n) is 15.8. The molecule has 8 heteroatoms. The summed E-state index contributed by atoms with van der Waals surface area (Å²) in [7, 11) is 0. The van der Waals surface area contributed by atoms with Gasteiger partial charge in [0.25, 0.3) is 0 Å². The van der Waals surface area contributed by atoms with Gasteiger partial charge in [-0.15, -0.1) is 0 Å². The van der Waals surface area contributed by atoms with E-state index < -0.39 is 17.4 Å². The molecular weight excluding hydrogens is 425 g/mol. The molecule has 1 spiro atoms. The van der Waals surface area contributed by atoms with Crippen molar-refractivity contribution >= 4 is 52.3 Å². The highest BCUT2D eigenvalue weighted by Gasteiger charge is 2.74. The van der Waals surface area contributed by atoms with Gasteiger partial charge in [0.05, 0.1) is 22.5 Å². The maximum atomic E-state index is 13.8. The third-order valence-electron chi connectivity index (χ3n) is 7.05. The van der Waals surface area contributed by atoms with Crippen molar-refractivity contribution in [2.75, 3.05) is 16.8 Å². The first-order valence-corrected chi connectivity index (χ1v) is 10.7. The molecule has 152 valence electrons. The van der Waals surface area contributed by atoms with E-state index in [1.165, 1.54) is 4.90 Å². The molecule has 0 unspecified atom stereocenters. The molecule has 3 saturated heterocycles. The van der Waals surface area contributed by atoms with Crippen LogP contribution in [-0.4, -0.2) is 35.2 Å². The molecule has 2 aromatic rings. The van der Waals surface area contributed by atoms with Gasteiger partial charge in [-0.25, -0.2) is 4.90 Å². The molecule has 6 rings (SSSR count). The van der Waals surface area contributed by atoms with Gasteiger partial charge in [0.1, 0.15) is 5.54 Å². The van der Waals surface area contributed by atoms with Crippen LogP contribution in [-0.2, 0) is 19.9 Å². The Kier molecular flexibility index (Phi) is 3.71. The summed E-state index contributed by atoms with van der Waals surface area (Å²) in [6.07, 6.45) is 1.63. The molecule has 30 heavy (non-hydrogen) atoms. The monoisotopic (exact) mass is 441 g/mol. The number of nitrogens with zero attached hydrogens (tertiary/aromatic N) is 2. The number of fused-ring (bicyclic) bond motifs is 7. The summed E-state index contributed by atoms with van der Waals surface area (Å²) in [5.74, 6) is -2.33. The molecule has 4 atom stereocenters. The number of nitrogens with one attached hydrogen (secondary N) is 1. The normalized spacial score (nSPS) is 32.0. The molecule has 2 aromatic carbocycles. The molecule has 4 aliphatic rings. The molecule has 4 aliphatic heterocycles. The van der Waals surface area contributed by atoms with E-state index >= 15 is 0 Å². The average Bonchev–Trinajstić information content (AvgIpc) is 3.42. The van der Waals surface area contributed by atoms with Gasteiger partial charge in [0, 0.05) is 22.3 Å². The summed E-state index contributed by atoms with van der Waals surface area (Å²) in [5.41, 5.74) is 0.469. The van der Waals surface area contributed by atoms with Crippen molar-refractivity contribution in [3.8, 4) is 0 Å². The molecule has 4 heterocycles. The Morgan fingerprint density at radius 3 is 2.63 bits per heavy atom. The number of hydrogen-bond donors (Lipinski definition) is 1. The Morgan fingerprint density at radius 1 is 1.03 bits per heavy atom. The zero-order valence-corrected chi connectivity index (χ0v) is 17.3. The summed E-state index contributed by atoms with van der Waals surface area (Å²) in [5, 5.41) is 3.76. The lowest BCUT2D eigenvalue weighted by Gasteiger charge is -2.36. The number of amides is 3. The Morgan fingerprint density at radius 2 is 1.83 bits per heavy atom. The summed E-state index contributed by atoms with van der Waals surface area (Å²) in [6, 6.07) is 11.9. The summed E-state index contributed by atoms with van der Waals surface area (Å²) in [6.45, 7) is 0.656. The van der Waals surface area contributed by atoms with E-state index in [4.69, 9.17) is 23.2 Å². The molecule has 3 amide bonds. The molecule has 6 nitrogen and oxygen atoms in total. The number of imide groups is 1. The number of anilines is 2. The van der Waals surface area contributed by atoms with E-state index in [1.54, 1.807) is 42.5 Å². The first kappa shape index (κ1) is 18.4. The molecule has 3 fully saturated rings. The average molecular weight is 442 g/mol. The fourth-order valence-electron chi connectivity index (χ4n) is 6.05. The standard InChI is InChI=1S/C22H17Cl2N3O3/c23-11-7-8-14-12(10-11)22(21(30)25-14)18-17(16-6-3-9-26(16)22)19(28)27(20(18)29)15-5-2-1-4-13(15)24/h1-2,4-5,7-8,10,16-18H,3,6,9H2,(H,25,30)/t16-,17+,18-,22+/m0/s1. The number of benzene rings is 2. The third-order valence-corrected chi connectivity index (χ3v) is 7.60. The molecule has 0 aromatic heterocycles.